The molecular formula is C20H24ClNO2. The minimum atomic E-state index is -0.522. The summed E-state index contributed by atoms with van der Waals surface area (Å²) in [6, 6.07) is 13.6. The standard InChI is InChI=1S/C20H24ClNO2/c1-14-8-6-12-19(15(14)2)24-16(3)20(23)22-13-7-10-17-9-4-5-11-18(17)21/h4-6,8-9,11-12,16H,7,10,13H2,1-3H3,(H,22,23). The molecule has 0 aliphatic heterocycles. The molecule has 1 N–H and O–H groups in total. The molecule has 0 bridgehead atoms. The van der Waals surface area contributed by atoms with Crippen molar-refractivity contribution >= 4 is 17.5 Å². The summed E-state index contributed by atoms with van der Waals surface area (Å²) in [5, 5.41) is 3.69. The molecule has 128 valence electrons. The van der Waals surface area contributed by atoms with Gasteiger partial charge in [-0.1, -0.05) is 41.9 Å². The highest BCUT2D eigenvalue weighted by Gasteiger charge is 2.15. The fraction of sp³-hybridized carbons (Fsp3) is 0.350. The van der Waals surface area contributed by atoms with Crippen LogP contribution < -0.4 is 10.1 Å². The van der Waals surface area contributed by atoms with Crippen LogP contribution in [-0.2, 0) is 11.2 Å². The molecule has 0 aliphatic carbocycles. The van der Waals surface area contributed by atoms with Gasteiger partial charge >= 0.3 is 0 Å². The SMILES string of the molecule is Cc1cccc(OC(C)C(=O)NCCCc2ccccc2Cl)c1C. The Balaban J connectivity index is 1.78. The Hall–Kier alpha value is -2.00. The normalized spacial score (nSPS) is 11.8. The van der Waals surface area contributed by atoms with Gasteiger partial charge in [0.25, 0.3) is 5.91 Å². The van der Waals surface area contributed by atoms with Crippen LogP contribution in [0, 0.1) is 13.8 Å². The van der Waals surface area contributed by atoms with Crippen molar-refractivity contribution in [3.8, 4) is 5.75 Å². The molecule has 2 aromatic rings. The molecule has 0 heterocycles. The number of carbonyl (C=O) groups excluding carboxylic acids is 1. The zero-order valence-corrected chi connectivity index (χ0v) is 15.2. The lowest BCUT2D eigenvalue weighted by Crippen LogP contribution is -2.37. The Morgan fingerprint density at radius 1 is 1.17 bits per heavy atom. The van der Waals surface area contributed by atoms with Crippen molar-refractivity contribution in [2.75, 3.05) is 6.54 Å². The van der Waals surface area contributed by atoms with Crippen molar-refractivity contribution in [3.05, 3.63) is 64.2 Å². The number of carbonyl (C=O) groups is 1. The molecule has 0 spiro atoms. The van der Waals surface area contributed by atoms with E-state index in [1.807, 2.05) is 56.3 Å². The molecule has 3 nitrogen and oxygen atoms in total. The van der Waals surface area contributed by atoms with Gasteiger partial charge in [0.1, 0.15) is 5.75 Å². The predicted octanol–water partition coefficient (Wildman–Crippen LogP) is 4.47. The van der Waals surface area contributed by atoms with Crippen LogP contribution in [0.4, 0.5) is 0 Å². The summed E-state index contributed by atoms with van der Waals surface area (Å²) < 4.78 is 5.79. The van der Waals surface area contributed by atoms with Crippen molar-refractivity contribution in [2.24, 2.45) is 0 Å². The first-order valence-corrected chi connectivity index (χ1v) is 8.61. The summed E-state index contributed by atoms with van der Waals surface area (Å²) >= 11 is 6.13. The number of amides is 1. The van der Waals surface area contributed by atoms with Crippen molar-refractivity contribution in [3.63, 3.8) is 0 Å². The Morgan fingerprint density at radius 2 is 1.92 bits per heavy atom. The first kappa shape index (κ1) is 18.3. The van der Waals surface area contributed by atoms with E-state index in [1.54, 1.807) is 6.92 Å². The number of ether oxygens (including phenoxy) is 1. The van der Waals surface area contributed by atoms with E-state index in [0.717, 1.165) is 40.3 Å². The molecule has 4 heteroatoms. The molecule has 0 saturated carbocycles. The fourth-order valence-corrected chi connectivity index (χ4v) is 2.66. The molecular weight excluding hydrogens is 322 g/mol. The molecule has 0 saturated heterocycles. The Labute approximate surface area is 149 Å². The number of benzene rings is 2. The van der Waals surface area contributed by atoms with E-state index < -0.39 is 6.10 Å². The lowest BCUT2D eigenvalue weighted by atomic mass is 10.1. The maximum Gasteiger partial charge on any atom is 0.260 e. The third-order valence-electron chi connectivity index (χ3n) is 4.11. The van der Waals surface area contributed by atoms with E-state index in [0.29, 0.717) is 6.54 Å². The molecule has 0 fully saturated rings. The van der Waals surface area contributed by atoms with Crippen LogP contribution in [0.15, 0.2) is 42.5 Å². The summed E-state index contributed by atoms with van der Waals surface area (Å²) in [4.78, 5) is 12.2. The maximum absolute atomic E-state index is 12.2. The van der Waals surface area contributed by atoms with Gasteiger partial charge in [-0.2, -0.15) is 0 Å². The van der Waals surface area contributed by atoms with E-state index in [-0.39, 0.29) is 5.91 Å². The van der Waals surface area contributed by atoms with E-state index in [4.69, 9.17) is 16.3 Å². The van der Waals surface area contributed by atoms with Gasteiger partial charge in [0.05, 0.1) is 0 Å². The van der Waals surface area contributed by atoms with Crippen LogP contribution in [0.5, 0.6) is 5.75 Å². The van der Waals surface area contributed by atoms with Gasteiger partial charge in [0.2, 0.25) is 0 Å². The third-order valence-corrected chi connectivity index (χ3v) is 4.48. The smallest absolute Gasteiger partial charge is 0.260 e. The zero-order valence-electron chi connectivity index (χ0n) is 14.4. The average Bonchev–Trinajstić information content (AvgIpc) is 2.57. The monoisotopic (exact) mass is 345 g/mol. The molecule has 0 aliphatic rings. The molecule has 1 amide bonds. The number of hydrogen-bond donors (Lipinski definition) is 1. The quantitative estimate of drug-likeness (QED) is 0.752. The van der Waals surface area contributed by atoms with Crippen LogP contribution >= 0.6 is 11.6 Å². The highest BCUT2D eigenvalue weighted by molar-refractivity contribution is 6.31. The highest BCUT2D eigenvalue weighted by Crippen LogP contribution is 2.21. The van der Waals surface area contributed by atoms with Crippen molar-refractivity contribution in [1.29, 1.82) is 0 Å². The van der Waals surface area contributed by atoms with Gasteiger partial charge in [-0.05, 0) is 62.4 Å². The summed E-state index contributed by atoms with van der Waals surface area (Å²) in [7, 11) is 0. The summed E-state index contributed by atoms with van der Waals surface area (Å²) in [6.45, 7) is 6.40. The average molecular weight is 346 g/mol. The largest absolute Gasteiger partial charge is 0.481 e. The number of hydrogen-bond acceptors (Lipinski definition) is 2. The number of halogens is 1. The molecule has 2 aromatic carbocycles. The van der Waals surface area contributed by atoms with Gasteiger partial charge in [0.15, 0.2) is 6.10 Å². The van der Waals surface area contributed by atoms with E-state index >= 15 is 0 Å². The lowest BCUT2D eigenvalue weighted by molar-refractivity contribution is -0.127. The summed E-state index contributed by atoms with van der Waals surface area (Å²) in [6.07, 6.45) is 1.16. The second-order valence-corrected chi connectivity index (χ2v) is 6.35. The molecule has 1 unspecified atom stereocenters. The second-order valence-electron chi connectivity index (χ2n) is 5.94. The third kappa shape index (κ3) is 5.00. The van der Waals surface area contributed by atoms with Crippen molar-refractivity contribution in [1.82, 2.24) is 5.32 Å². The first-order chi connectivity index (χ1) is 11.5. The van der Waals surface area contributed by atoms with E-state index in [1.165, 1.54) is 0 Å². The number of nitrogens with one attached hydrogen (secondary N) is 1. The Bertz CT molecular complexity index is 700. The van der Waals surface area contributed by atoms with Gasteiger partial charge in [-0.3, -0.25) is 4.79 Å². The summed E-state index contributed by atoms with van der Waals surface area (Å²) in [5.74, 6) is 0.656. The molecule has 2 rings (SSSR count). The molecule has 0 aromatic heterocycles. The van der Waals surface area contributed by atoms with Crippen LogP contribution in [0.1, 0.15) is 30.0 Å². The van der Waals surface area contributed by atoms with Gasteiger partial charge in [-0.25, -0.2) is 0 Å². The predicted molar refractivity (Wildman–Crippen MR) is 98.8 cm³/mol. The van der Waals surface area contributed by atoms with Crippen LogP contribution in [0.3, 0.4) is 0 Å². The van der Waals surface area contributed by atoms with E-state index in [9.17, 15) is 4.79 Å². The first-order valence-electron chi connectivity index (χ1n) is 8.23. The number of rotatable bonds is 7. The molecule has 24 heavy (non-hydrogen) atoms. The highest BCUT2D eigenvalue weighted by atomic mass is 35.5. The minimum absolute atomic E-state index is 0.102. The van der Waals surface area contributed by atoms with Gasteiger partial charge in [0, 0.05) is 11.6 Å². The van der Waals surface area contributed by atoms with Gasteiger partial charge < -0.3 is 10.1 Å². The second kappa shape index (κ2) is 8.74. The zero-order chi connectivity index (χ0) is 17.5. The lowest BCUT2D eigenvalue weighted by Gasteiger charge is -2.17. The van der Waals surface area contributed by atoms with Crippen LogP contribution in [0.2, 0.25) is 5.02 Å². The Kier molecular flexibility index (Phi) is 6.68. The molecule has 0 radical (unpaired) electrons. The number of aryl methyl sites for hydroxylation is 2. The molecule has 1 atom stereocenters. The minimum Gasteiger partial charge on any atom is -0.481 e. The van der Waals surface area contributed by atoms with Crippen molar-refractivity contribution in [2.45, 2.75) is 39.7 Å². The van der Waals surface area contributed by atoms with Crippen molar-refractivity contribution < 1.29 is 9.53 Å². The maximum atomic E-state index is 12.2. The topological polar surface area (TPSA) is 38.3 Å². The van der Waals surface area contributed by atoms with Crippen LogP contribution in [0.25, 0.3) is 0 Å². The van der Waals surface area contributed by atoms with Crippen LogP contribution in [-0.4, -0.2) is 18.6 Å². The Morgan fingerprint density at radius 3 is 2.67 bits per heavy atom. The summed E-state index contributed by atoms with van der Waals surface area (Å²) in [5.41, 5.74) is 3.32. The van der Waals surface area contributed by atoms with Gasteiger partial charge in [-0.15, -0.1) is 0 Å². The fourth-order valence-electron chi connectivity index (χ4n) is 2.43. The van der Waals surface area contributed by atoms with E-state index in [2.05, 4.69) is 5.32 Å².